The SMILES string of the molecule is O=C(Nc1ccc(F)c(Cl)c1)c1cc(N2CCOCC2)ccn1. The Bertz CT molecular complexity index is 720. The zero-order valence-electron chi connectivity index (χ0n) is 12.3. The highest BCUT2D eigenvalue weighted by Crippen LogP contribution is 2.21. The zero-order chi connectivity index (χ0) is 16.2. The fourth-order valence-electron chi connectivity index (χ4n) is 2.33. The number of nitrogens with zero attached hydrogens (tertiary/aromatic N) is 2. The fourth-order valence-corrected chi connectivity index (χ4v) is 2.51. The number of nitrogens with one attached hydrogen (secondary N) is 1. The van der Waals surface area contributed by atoms with Crippen LogP contribution in [0.3, 0.4) is 0 Å². The largest absolute Gasteiger partial charge is 0.378 e. The summed E-state index contributed by atoms with van der Waals surface area (Å²) in [6.45, 7) is 2.88. The van der Waals surface area contributed by atoms with Crippen LogP contribution >= 0.6 is 11.6 Å². The van der Waals surface area contributed by atoms with Crippen molar-refractivity contribution in [3.05, 3.63) is 53.1 Å². The molecule has 0 bridgehead atoms. The van der Waals surface area contributed by atoms with Crippen molar-refractivity contribution in [1.29, 1.82) is 0 Å². The van der Waals surface area contributed by atoms with Gasteiger partial charge in [-0.15, -0.1) is 0 Å². The van der Waals surface area contributed by atoms with E-state index in [9.17, 15) is 9.18 Å². The first kappa shape index (κ1) is 15.7. The van der Waals surface area contributed by atoms with Crippen molar-refractivity contribution in [2.75, 3.05) is 36.5 Å². The van der Waals surface area contributed by atoms with Crippen molar-refractivity contribution in [1.82, 2.24) is 4.98 Å². The normalized spacial score (nSPS) is 14.6. The molecule has 1 aliphatic rings. The molecule has 0 aliphatic carbocycles. The molecule has 5 nitrogen and oxygen atoms in total. The van der Waals surface area contributed by atoms with Crippen molar-refractivity contribution in [3.63, 3.8) is 0 Å². The minimum absolute atomic E-state index is 0.0437. The number of benzene rings is 1. The van der Waals surface area contributed by atoms with E-state index in [1.54, 1.807) is 12.3 Å². The fraction of sp³-hybridized carbons (Fsp3) is 0.250. The monoisotopic (exact) mass is 335 g/mol. The van der Waals surface area contributed by atoms with Gasteiger partial charge in [0.15, 0.2) is 0 Å². The second-order valence-corrected chi connectivity index (χ2v) is 5.49. The number of anilines is 2. The van der Waals surface area contributed by atoms with Crippen LogP contribution in [0.5, 0.6) is 0 Å². The van der Waals surface area contributed by atoms with Gasteiger partial charge >= 0.3 is 0 Å². The summed E-state index contributed by atoms with van der Waals surface area (Å²) in [5.74, 6) is -0.903. The number of morpholine rings is 1. The van der Waals surface area contributed by atoms with E-state index in [1.807, 2.05) is 6.07 Å². The van der Waals surface area contributed by atoms with Crippen LogP contribution in [0.2, 0.25) is 5.02 Å². The summed E-state index contributed by atoms with van der Waals surface area (Å²) in [5, 5.41) is 2.62. The molecule has 1 N–H and O–H groups in total. The highest BCUT2D eigenvalue weighted by molar-refractivity contribution is 6.31. The number of carbonyl (C=O) groups excluding carboxylic acids is 1. The lowest BCUT2D eigenvalue weighted by atomic mass is 10.2. The van der Waals surface area contributed by atoms with Gasteiger partial charge in [-0.1, -0.05) is 11.6 Å². The van der Waals surface area contributed by atoms with Crippen LogP contribution in [0.25, 0.3) is 0 Å². The van der Waals surface area contributed by atoms with Gasteiger partial charge in [0.2, 0.25) is 0 Å². The number of halogens is 2. The molecular weight excluding hydrogens is 321 g/mol. The number of amides is 1. The summed E-state index contributed by atoms with van der Waals surface area (Å²) >= 11 is 5.71. The maximum absolute atomic E-state index is 13.1. The lowest BCUT2D eigenvalue weighted by Crippen LogP contribution is -2.36. The second-order valence-electron chi connectivity index (χ2n) is 5.08. The summed E-state index contributed by atoms with van der Waals surface area (Å²) in [4.78, 5) is 18.5. The number of hydrogen-bond donors (Lipinski definition) is 1. The van der Waals surface area contributed by atoms with Gasteiger partial charge in [0, 0.05) is 30.7 Å². The standard InChI is InChI=1S/C16H15ClFN3O2/c17-13-9-11(1-2-14(13)18)20-16(22)15-10-12(3-4-19-15)21-5-7-23-8-6-21/h1-4,9-10H,5-8H2,(H,20,22). The van der Waals surface area contributed by atoms with E-state index in [4.69, 9.17) is 16.3 Å². The van der Waals surface area contributed by atoms with E-state index in [0.717, 1.165) is 18.8 Å². The minimum atomic E-state index is -0.530. The van der Waals surface area contributed by atoms with E-state index in [2.05, 4.69) is 15.2 Å². The Morgan fingerprint density at radius 1 is 1.26 bits per heavy atom. The molecule has 1 amide bonds. The van der Waals surface area contributed by atoms with Crippen LogP contribution in [0.4, 0.5) is 15.8 Å². The smallest absolute Gasteiger partial charge is 0.274 e. The Balaban J connectivity index is 1.75. The van der Waals surface area contributed by atoms with Crippen molar-refractivity contribution >= 4 is 28.9 Å². The molecule has 1 saturated heterocycles. The van der Waals surface area contributed by atoms with Crippen LogP contribution in [-0.4, -0.2) is 37.2 Å². The van der Waals surface area contributed by atoms with Gasteiger partial charge in [-0.05, 0) is 30.3 Å². The lowest BCUT2D eigenvalue weighted by molar-refractivity contribution is 0.102. The molecule has 23 heavy (non-hydrogen) atoms. The van der Waals surface area contributed by atoms with Crippen LogP contribution < -0.4 is 10.2 Å². The molecule has 0 radical (unpaired) electrons. The van der Waals surface area contributed by atoms with Crippen molar-refractivity contribution in [2.24, 2.45) is 0 Å². The van der Waals surface area contributed by atoms with E-state index in [-0.39, 0.29) is 16.6 Å². The molecule has 0 saturated carbocycles. The number of aromatic nitrogens is 1. The predicted molar refractivity (Wildman–Crippen MR) is 86.6 cm³/mol. The van der Waals surface area contributed by atoms with Crippen LogP contribution in [0.15, 0.2) is 36.5 Å². The number of hydrogen-bond acceptors (Lipinski definition) is 4. The Labute approximate surface area is 138 Å². The third kappa shape index (κ3) is 3.78. The number of carbonyl (C=O) groups is 1. The molecule has 2 aromatic rings. The third-order valence-electron chi connectivity index (χ3n) is 3.53. The molecule has 7 heteroatoms. The number of ether oxygens (including phenoxy) is 1. The summed E-state index contributed by atoms with van der Waals surface area (Å²) in [5.41, 5.74) is 1.63. The van der Waals surface area contributed by atoms with Crippen LogP contribution in [0.1, 0.15) is 10.5 Å². The molecule has 120 valence electrons. The molecule has 1 fully saturated rings. The Morgan fingerprint density at radius 2 is 2.04 bits per heavy atom. The van der Waals surface area contributed by atoms with E-state index < -0.39 is 5.82 Å². The second kappa shape index (κ2) is 6.93. The number of rotatable bonds is 3. The molecule has 1 aromatic heterocycles. The average Bonchev–Trinajstić information content (AvgIpc) is 2.59. The van der Waals surface area contributed by atoms with Gasteiger partial charge in [0.05, 0.1) is 18.2 Å². The maximum atomic E-state index is 13.1. The summed E-state index contributed by atoms with van der Waals surface area (Å²) in [6.07, 6.45) is 1.59. The molecule has 0 atom stereocenters. The van der Waals surface area contributed by atoms with Crippen LogP contribution in [0, 0.1) is 5.82 Å². The van der Waals surface area contributed by atoms with Crippen LogP contribution in [-0.2, 0) is 4.74 Å². The Morgan fingerprint density at radius 3 is 2.78 bits per heavy atom. The van der Waals surface area contributed by atoms with Crippen molar-refractivity contribution in [2.45, 2.75) is 0 Å². The Kier molecular flexibility index (Phi) is 4.73. The van der Waals surface area contributed by atoms with Gasteiger partial charge in [-0.3, -0.25) is 9.78 Å². The molecule has 0 spiro atoms. The highest BCUT2D eigenvalue weighted by atomic mass is 35.5. The van der Waals surface area contributed by atoms with Gasteiger partial charge in [0.1, 0.15) is 11.5 Å². The molecule has 3 rings (SSSR count). The first-order valence-corrected chi connectivity index (χ1v) is 7.56. The van der Waals surface area contributed by atoms with E-state index in [0.29, 0.717) is 18.9 Å². The molecule has 2 heterocycles. The van der Waals surface area contributed by atoms with E-state index >= 15 is 0 Å². The van der Waals surface area contributed by atoms with Gasteiger partial charge in [-0.25, -0.2) is 4.39 Å². The summed E-state index contributed by atoms with van der Waals surface area (Å²) < 4.78 is 18.5. The zero-order valence-corrected chi connectivity index (χ0v) is 13.0. The highest BCUT2D eigenvalue weighted by Gasteiger charge is 2.14. The predicted octanol–water partition coefficient (Wildman–Crippen LogP) is 2.96. The minimum Gasteiger partial charge on any atom is -0.378 e. The van der Waals surface area contributed by atoms with Gasteiger partial charge in [0.25, 0.3) is 5.91 Å². The summed E-state index contributed by atoms with van der Waals surface area (Å²) in [7, 11) is 0. The lowest BCUT2D eigenvalue weighted by Gasteiger charge is -2.28. The van der Waals surface area contributed by atoms with Crippen molar-refractivity contribution < 1.29 is 13.9 Å². The topological polar surface area (TPSA) is 54.5 Å². The van der Waals surface area contributed by atoms with E-state index in [1.165, 1.54) is 18.2 Å². The summed E-state index contributed by atoms with van der Waals surface area (Å²) in [6, 6.07) is 7.60. The van der Waals surface area contributed by atoms with Gasteiger partial charge in [-0.2, -0.15) is 0 Å². The van der Waals surface area contributed by atoms with Gasteiger partial charge < -0.3 is 15.0 Å². The van der Waals surface area contributed by atoms with Crippen molar-refractivity contribution in [3.8, 4) is 0 Å². The molecule has 0 unspecified atom stereocenters. The molecule has 1 aliphatic heterocycles. The first-order valence-electron chi connectivity index (χ1n) is 7.18. The number of pyridine rings is 1. The molecule has 1 aromatic carbocycles. The molecular formula is C16H15ClFN3O2. The maximum Gasteiger partial charge on any atom is 0.274 e. The average molecular weight is 336 g/mol. The quantitative estimate of drug-likeness (QED) is 0.937. The first-order chi connectivity index (χ1) is 11.1. The Hall–Kier alpha value is -2.18. The third-order valence-corrected chi connectivity index (χ3v) is 3.82.